The Hall–Kier alpha value is -0.940. The summed E-state index contributed by atoms with van der Waals surface area (Å²) in [6.07, 6.45) is -0.705. The molecule has 0 spiro atoms. The largest absolute Gasteiger partial charge is 0.468 e. The van der Waals surface area contributed by atoms with E-state index in [9.17, 15) is 8.78 Å². The molecule has 1 aromatic heterocycles. The highest BCUT2D eigenvalue weighted by Crippen LogP contribution is 2.14. The number of alkyl halides is 2. The van der Waals surface area contributed by atoms with E-state index in [1.165, 1.54) is 0 Å². The molecule has 1 aromatic rings. The van der Waals surface area contributed by atoms with Crippen molar-refractivity contribution < 1.29 is 13.2 Å². The fourth-order valence-corrected chi connectivity index (χ4v) is 1.60. The second kappa shape index (κ2) is 6.29. The number of nitrogens with zero attached hydrogens (tertiary/aromatic N) is 1. The average molecular weight is 260 g/mol. The van der Waals surface area contributed by atoms with E-state index in [2.05, 4.69) is 26.1 Å². The fraction of sp³-hybridized carbons (Fsp3) is 0.692. The number of furan rings is 1. The van der Waals surface area contributed by atoms with Gasteiger partial charge in [0.2, 0.25) is 0 Å². The number of hydrogen-bond donors (Lipinski definition) is 1. The minimum Gasteiger partial charge on any atom is -0.468 e. The molecule has 104 valence electrons. The molecule has 0 unspecified atom stereocenters. The molecule has 0 aliphatic heterocycles. The molecule has 5 heteroatoms. The summed E-state index contributed by atoms with van der Waals surface area (Å²) in [6, 6.07) is 1.83. The molecule has 1 rings (SSSR count). The maximum atomic E-state index is 12.2. The van der Waals surface area contributed by atoms with Gasteiger partial charge in [0.15, 0.2) is 0 Å². The number of hydrogen-bond acceptors (Lipinski definition) is 3. The van der Waals surface area contributed by atoms with Gasteiger partial charge < -0.3 is 9.73 Å². The molecule has 1 N–H and O–H groups in total. The van der Waals surface area contributed by atoms with E-state index >= 15 is 0 Å². The summed E-state index contributed by atoms with van der Waals surface area (Å²) in [4.78, 5) is 1.59. The van der Waals surface area contributed by atoms with Gasteiger partial charge in [-0.3, -0.25) is 4.90 Å². The highest BCUT2D eigenvalue weighted by atomic mass is 19.3. The monoisotopic (exact) mass is 260 g/mol. The van der Waals surface area contributed by atoms with Crippen molar-refractivity contribution in [2.45, 2.75) is 45.8 Å². The van der Waals surface area contributed by atoms with E-state index in [4.69, 9.17) is 4.42 Å². The normalized spacial score (nSPS) is 12.7. The van der Waals surface area contributed by atoms with Crippen LogP contribution in [0.15, 0.2) is 16.7 Å². The summed E-state index contributed by atoms with van der Waals surface area (Å²) in [6.45, 7) is 7.06. The Labute approximate surface area is 107 Å². The first-order chi connectivity index (χ1) is 8.28. The molecular weight excluding hydrogens is 238 g/mol. The smallest absolute Gasteiger partial charge is 0.251 e. The third kappa shape index (κ3) is 5.60. The van der Waals surface area contributed by atoms with Gasteiger partial charge in [0.1, 0.15) is 5.76 Å². The molecule has 0 aliphatic carbocycles. The van der Waals surface area contributed by atoms with Gasteiger partial charge in [-0.05, 0) is 33.9 Å². The first kappa shape index (κ1) is 15.1. The molecule has 0 amide bonds. The Balaban J connectivity index is 2.54. The van der Waals surface area contributed by atoms with Crippen LogP contribution >= 0.6 is 0 Å². The van der Waals surface area contributed by atoms with Gasteiger partial charge in [-0.2, -0.15) is 0 Å². The van der Waals surface area contributed by atoms with E-state index in [0.717, 1.165) is 11.3 Å². The summed E-state index contributed by atoms with van der Waals surface area (Å²) >= 11 is 0. The van der Waals surface area contributed by atoms with Crippen LogP contribution in [0.25, 0.3) is 0 Å². The van der Waals surface area contributed by atoms with Crippen LogP contribution in [0.5, 0.6) is 0 Å². The topological polar surface area (TPSA) is 28.4 Å². The quantitative estimate of drug-likeness (QED) is 0.852. The molecule has 0 saturated carbocycles. The maximum absolute atomic E-state index is 12.2. The number of nitrogens with one attached hydrogen (secondary N) is 1. The molecule has 0 fully saturated rings. The van der Waals surface area contributed by atoms with Crippen LogP contribution in [-0.4, -0.2) is 30.5 Å². The molecule has 0 bridgehead atoms. The Kier molecular flexibility index (Phi) is 5.28. The van der Waals surface area contributed by atoms with Crippen LogP contribution in [-0.2, 0) is 13.1 Å². The van der Waals surface area contributed by atoms with Crippen LogP contribution in [0.4, 0.5) is 8.78 Å². The molecule has 0 aromatic carbocycles. The van der Waals surface area contributed by atoms with Crippen molar-refractivity contribution in [3.05, 3.63) is 23.7 Å². The van der Waals surface area contributed by atoms with Crippen molar-refractivity contribution in [3.63, 3.8) is 0 Å². The zero-order valence-electron chi connectivity index (χ0n) is 11.5. The lowest BCUT2D eigenvalue weighted by atomic mass is 10.1. The zero-order valence-corrected chi connectivity index (χ0v) is 11.5. The predicted molar refractivity (Wildman–Crippen MR) is 67.6 cm³/mol. The highest BCUT2D eigenvalue weighted by molar-refractivity contribution is 5.17. The van der Waals surface area contributed by atoms with E-state index < -0.39 is 6.43 Å². The van der Waals surface area contributed by atoms with Gasteiger partial charge in [0.05, 0.1) is 19.4 Å². The molecular formula is C13H22F2N2O. The van der Waals surface area contributed by atoms with Crippen molar-refractivity contribution in [3.8, 4) is 0 Å². The third-order valence-electron chi connectivity index (χ3n) is 2.51. The molecule has 18 heavy (non-hydrogen) atoms. The van der Waals surface area contributed by atoms with Gasteiger partial charge >= 0.3 is 0 Å². The van der Waals surface area contributed by atoms with Gasteiger partial charge in [-0.15, -0.1) is 0 Å². The summed E-state index contributed by atoms with van der Waals surface area (Å²) in [7, 11) is 1.68. The molecule has 3 nitrogen and oxygen atoms in total. The Morgan fingerprint density at radius 2 is 2.06 bits per heavy atom. The van der Waals surface area contributed by atoms with E-state index in [1.54, 1.807) is 18.2 Å². The average Bonchev–Trinajstić information content (AvgIpc) is 2.59. The zero-order chi connectivity index (χ0) is 13.8. The number of rotatable bonds is 6. The number of halogens is 2. The first-order valence-corrected chi connectivity index (χ1v) is 6.05. The highest BCUT2D eigenvalue weighted by Gasteiger charge is 2.15. The van der Waals surface area contributed by atoms with Gasteiger partial charge in [-0.25, -0.2) is 8.78 Å². The van der Waals surface area contributed by atoms with Crippen molar-refractivity contribution in [2.75, 3.05) is 13.6 Å². The predicted octanol–water partition coefficient (Wildman–Crippen LogP) is 2.86. The molecule has 0 radical (unpaired) electrons. The minimum absolute atomic E-state index is 0.00106. The Morgan fingerprint density at radius 1 is 1.39 bits per heavy atom. The Bertz CT molecular complexity index is 358. The van der Waals surface area contributed by atoms with Crippen molar-refractivity contribution in [1.82, 2.24) is 10.2 Å². The summed E-state index contributed by atoms with van der Waals surface area (Å²) in [5, 5.41) is 3.32. The lowest BCUT2D eigenvalue weighted by molar-refractivity contribution is 0.0972. The summed E-state index contributed by atoms with van der Waals surface area (Å²) in [5.41, 5.74) is 0.953. The molecule has 0 aliphatic rings. The van der Waals surface area contributed by atoms with Gasteiger partial charge in [-0.1, -0.05) is 0 Å². The lowest BCUT2D eigenvalue weighted by Crippen LogP contribution is -2.35. The van der Waals surface area contributed by atoms with E-state index in [1.807, 2.05) is 6.07 Å². The van der Waals surface area contributed by atoms with Crippen LogP contribution in [0.2, 0.25) is 0 Å². The molecule has 0 saturated heterocycles. The second-order valence-electron chi connectivity index (χ2n) is 5.56. The van der Waals surface area contributed by atoms with Gasteiger partial charge in [0, 0.05) is 17.6 Å². The van der Waals surface area contributed by atoms with E-state index in [-0.39, 0.29) is 12.1 Å². The van der Waals surface area contributed by atoms with Gasteiger partial charge in [0.25, 0.3) is 6.43 Å². The first-order valence-electron chi connectivity index (χ1n) is 6.05. The Morgan fingerprint density at radius 3 is 2.61 bits per heavy atom. The molecule has 1 heterocycles. The second-order valence-corrected chi connectivity index (χ2v) is 5.56. The van der Waals surface area contributed by atoms with Crippen molar-refractivity contribution in [2.24, 2.45) is 0 Å². The minimum atomic E-state index is -2.31. The van der Waals surface area contributed by atoms with Crippen LogP contribution in [0, 0.1) is 0 Å². The third-order valence-corrected chi connectivity index (χ3v) is 2.51. The maximum Gasteiger partial charge on any atom is 0.251 e. The van der Waals surface area contributed by atoms with Crippen molar-refractivity contribution >= 4 is 0 Å². The van der Waals surface area contributed by atoms with Crippen LogP contribution < -0.4 is 5.32 Å². The lowest BCUT2D eigenvalue weighted by Gasteiger charge is -2.21. The SMILES string of the molecule is CN(Cc1ccoc1CNC(C)(C)C)CC(F)F. The standard InChI is InChI=1S/C13H22F2N2O/c1-13(2,3)16-7-11-10(5-6-18-11)8-17(4)9-12(14)15/h5-6,12,16H,7-9H2,1-4H3. The van der Waals surface area contributed by atoms with Crippen molar-refractivity contribution in [1.29, 1.82) is 0 Å². The summed E-state index contributed by atoms with van der Waals surface area (Å²) < 4.78 is 29.9. The van der Waals surface area contributed by atoms with Crippen LogP contribution in [0.3, 0.4) is 0 Å². The van der Waals surface area contributed by atoms with E-state index in [0.29, 0.717) is 13.1 Å². The summed E-state index contributed by atoms with van der Waals surface area (Å²) in [5.74, 6) is 0.811. The fourth-order valence-electron chi connectivity index (χ4n) is 1.60. The molecule has 0 atom stereocenters. The van der Waals surface area contributed by atoms with Crippen LogP contribution in [0.1, 0.15) is 32.1 Å².